The van der Waals surface area contributed by atoms with Gasteiger partial charge in [-0.05, 0) is 24.1 Å². The van der Waals surface area contributed by atoms with Gasteiger partial charge in [0.15, 0.2) is 6.23 Å². The zero-order valence-electron chi connectivity index (χ0n) is 13.1. The Kier molecular flexibility index (Phi) is 4.51. The summed E-state index contributed by atoms with van der Waals surface area (Å²) in [6.07, 6.45) is 2.87. The second-order valence-corrected chi connectivity index (χ2v) is 6.07. The molecule has 1 aromatic rings. The van der Waals surface area contributed by atoms with Crippen LogP contribution in [-0.2, 0) is 4.74 Å². The highest BCUT2D eigenvalue weighted by Crippen LogP contribution is 2.43. The van der Waals surface area contributed by atoms with Crippen LogP contribution in [0.5, 0.6) is 0 Å². The summed E-state index contributed by atoms with van der Waals surface area (Å²) < 4.78 is 19.0. The number of nitrogens with two attached hydrogens (primary N) is 1. The number of hydrazine groups is 1. The Morgan fingerprint density at radius 2 is 2.04 bits per heavy atom. The van der Waals surface area contributed by atoms with E-state index in [1.54, 1.807) is 12.1 Å². The number of ether oxygens (including phenoxy) is 1. The molecule has 2 aliphatic rings. The van der Waals surface area contributed by atoms with E-state index in [0.29, 0.717) is 5.57 Å². The fourth-order valence-electron chi connectivity index (χ4n) is 3.53. The van der Waals surface area contributed by atoms with E-state index in [-0.39, 0.29) is 35.8 Å². The van der Waals surface area contributed by atoms with Crippen molar-refractivity contribution in [3.05, 3.63) is 47.1 Å². The number of halogens is 1. The minimum Gasteiger partial charge on any atom is -0.458 e. The van der Waals surface area contributed by atoms with Gasteiger partial charge >= 0.3 is 0 Å². The molecule has 0 radical (unpaired) electrons. The summed E-state index contributed by atoms with van der Waals surface area (Å²) in [5, 5.41) is 9.55. The number of nitrogens with one attached hydrogen (secondary N) is 2. The number of unbranched alkanes of at least 4 members (excludes halogenated alkanes) is 1. The van der Waals surface area contributed by atoms with Gasteiger partial charge in [0.1, 0.15) is 11.9 Å². The molecule has 1 aromatic carbocycles. The minimum absolute atomic E-state index is 0.0361. The van der Waals surface area contributed by atoms with Crippen LogP contribution in [0.3, 0.4) is 0 Å². The van der Waals surface area contributed by atoms with Gasteiger partial charge in [-0.1, -0.05) is 31.9 Å². The maximum absolute atomic E-state index is 13.3. The van der Waals surface area contributed by atoms with Crippen molar-refractivity contribution in [3.8, 4) is 6.07 Å². The number of hydrogen-bond acceptors (Lipinski definition) is 5. The van der Waals surface area contributed by atoms with Crippen molar-refractivity contribution < 1.29 is 9.13 Å². The van der Waals surface area contributed by atoms with Gasteiger partial charge in [-0.25, -0.2) is 9.82 Å². The molecule has 0 amide bonds. The van der Waals surface area contributed by atoms with Crippen LogP contribution in [0, 0.1) is 23.1 Å². The van der Waals surface area contributed by atoms with E-state index in [1.807, 2.05) is 0 Å². The van der Waals surface area contributed by atoms with E-state index >= 15 is 0 Å². The number of rotatable bonds is 4. The van der Waals surface area contributed by atoms with Gasteiger partial charge < -0.3 is 10.5 Å². The number of fused-ring (bicyclic) bond motifs is 1. The summed E-state index contributed by atoms with van der Waals surface area (Å²) in [5.74, 6) is -0.316. The van der Waals surface area contributed by atoms with Gasteiger partial charge in [0.05, 0.1) is 5.57 Å². The Balaban J connectivity index is 2.00. The molecule has 4 unspecified atom stereocenters. The van der Waals surface area contributed by atoms with Crippen LogP contribution in [0.25, 0.3) is 0 Å². The quantitative estimate of drug-likeness (QED) is 0.793. The molecule has 23 heavy (non-hydrogen) atoms. The fraction of sp³-hybridized carbons (Fsp3) is 0.471. The third-order valence-corrected chi connectivity index (χ3v) is 4.66. The van der Waals surface area contributed by atoms with E-state index < -0.39 is 0 Å². The summed E-state index contributed by atoms with van der Waals surface area (Å²) in [6, 6.07) is 8.64. The molecule has 4 atom stereocenters. The van der Waals surface area contributed by atoms with E-state index in [4.69, 9.17) is 10.5 Å². The normalized spacial score (nSPS) is 29.8. The van der Waals surface area contributed by atoms with Crippen molar-refractivity contribution >= 4 is 0 Å². The van der Waals surface area contributed by atoms with Crippen LogP contribution >= 0.6 is 0 Å². The van der Waals surface area contributed by atoms with Crippen LogP contribution in [-0.4, -0.2) is 12.3 Å². The Bertz CT molecular complexity index is 637. The van der Waals surface area contributed by atoms with E-state index in [1.165, 1.54) is 12.1 Å². The Morgan fingerprint density at radius 3 is 2.70 bits per heavy atom. The fourth-order valence-corrected chi connectivity index (χ4v) is 3.53. The molecule has 3 rings (SSSR count). The highest BCUT2D eigenvalue weighted by Gasteiger charge is 2.48. The van der Waals surface area contributed by atoms with E-state index in [0.717, 1.165) is 24.8 Å². The lowest BCUT2D eigenvalue weighted by Gasteiger charge is -2.35. The van der Waals surface area contributed by atoms with Gasteiger partial charge in [0.2, 0.25) is 5.88 Å². The molecular weight excluding hydrogens is 295 g/mol. The molecule has 122 valence electrons. The number of benzene rings is 1. The molecule has 0 aliphatic carbocycles. The third-order valence-electron chi connectivity index (χ3n) is 4.66. The first kappa shape index (κ1) is 15.8. The topological polar surface area (TPSA) is 83.1 Å². The first-order valence-corrected chi connectivity index (χ1v) is 7.98. The van der Waals surface area contributed by atoms with Crippen molar-refractivity contribution in [1.29, 1.82) is 5.26 Å². The first-order chi connectivity index (χ1) is 11.2. The van der Waals surface area contributed by atoms with Crippen LogP contribution in [0.2, 0.25) is 0 Å². The summed E-state index contributed by atoms with van der Waals surface area (Å²) in [4.78, 5) is 0. The molecule has 0 spiro atoms. The van der Waals surface area contributed by atoms with Gasteiger partial charge in [0, 0.05) is 17.9 Å². The largest absolute Gasteiger partial charge is 0.458 e. The van der Waals surface area contributed by atoms with Crippen molar-refractivity contribution in [2.75, 3.05) is 0 Å². The lowest BCUT2D eigenvalue weighted by atomic mass is 9.74. The second-order valence-electron chi connectivity index (χ2n) is 6.07. The predicted molar refractivity (Wildman–Crippen MR) is 83.9 cm³/mol. The Labute approximate surface area is 135 Å². The van der Waals surface area contributed by atoms with Gasteiger partial charge in [-0.15, -0.1) is 0 Å². The Morgan fingerprint density at radius 1 is 1.30 bits per heavy atom. The molecule has 6 heteroatoms. The van der Waals surface area contributed by atoms with Crippen LogP contribution in [0.1, 0.15) is 37.7 Å². The maximum Gasteiger partial charge on any atom is 0.200 e. The average Bonchev–Trinajstić information content (AvgIpc) is 2.95. The van der Waals surface area contributed by atoms with Crippen molar-refractivity contribution in [2.24, 2.45) is 11.7 Å². The molecule has 1 saturated heterocycles. The molecule has 0 saturated carbocycles. The van der Waals surface area contributed by atoms with Crippen molar-refractivity contribution in [2.45, 2.75) is 44.4 Å². The van der Waals surface area contributed by atoms with Crippen molar-refractivity contribution in [1.82, 2.24) is 10.9 Å². The molecule has 4 N–H and O–H groups in total. The van der Waals surface area contributed by atoms with Gasteiger partial charge in [0.25, 0.3) is 0 Å². The van der Waals surface area contributed by atoms with E-state index in [2.05, 4.69) is 23.8 Å². The molecular formula is C17H21FN4O. The molecule has 5 nitrogen and oxygen atoms in total. The first-order valence-electron chi connectivity index (χ1n) is 7.98. The summed E-state index contributed by atoms with van der Waals surface area (Å²) in [6.45, 7) is 2.15. The minimum atomic E-state index is -0.293. The average molecular weight is 316 g/mol. The molecule has 0 aromatic heterocycles. The number of allylic oxidation sites excluding steroid dienone is 1. The zero-order chi connectivity index (χ0) is 16.4. The lowest BCUT2D eigenvalue weighted by Crippen LogP contribution is -2.41. The van der Waals surface area contributed by atoms with Gasteiger partial charge in [-0.2, -0.15) is 5.26 Å². The SMILES string of the molecule is CCCCC1NNC2OC(N)=C(C#N)C(c3ccc(F)cc3)C12. The highest BCUT2D eigenvalue weighted by molar-refractivity contribution is 5.41. The standard InChI is InChI=1S/C17H21FN4O/c1-2-3-4-13-15-14(10-5-7-11(18)8-6-10)12(9-19)16(20)23-17(15)22-21-13/h5-8,13-15,17,21-22H,2-4,20H2,1H3. The van der Waals surface area contributed by atoms with Crippen LogP contribution in [0.4, 0.5) is 4.39 Å². The maximum atomic E-state index is 13.3. The highest BCUT2D eigenvalue weighted by atomic mass is 19.1. The molecule has 2 heterocycles. The van der Waals surface area contributed by atoms with E-state index in [9.17, 15) is 9.65 Å². The lowest BCUT2D eigenvalue weighted by molar-refractivity contribution is 0.0336. The second kappa shape index (κ2) is 6.57. The molecule has 0 bridgehead atoms. The third kappa shape index (κ3) is 2.90. The van der Waals surface area contributed by atoms with Gasteiger partial charge in [-0.3, -0.25) is 5.43 Å². The van der Waals surface area contributed by atoms with Crippen molar-refractivity contribution in [3.63, 3.8) is 0 Å². The zero-order valence-corrected chi connectivity index (χ0v) is 13.1. The Hall–Kier alpha value is -2.10. The molecule has 1 fully saturated rings. The summed E-state index contributed by atoms with van der Waals surface area (Å²) in [5.41, 5.74) is 13.7. The number of nitriles is 1. The van der Waals surface area contributed by atoms with Crippen LogP contribution in [0.15, 0.2) is 35.7 Å². The summed E-state index contributed by atoms with van der Waals surface area (Å²) >= 11 is 0. The summed E-state index contributed by atoms with van der Waals surface area (Å²) in [7, 11) is 0. The number of hydrogen-bond donors (Lipinski definition) is 3. The molecule has 2 aliphatic heterocycles. The van der Waals surface area contributed by atoms with Crippen LogP contribution < -0.4 is 16.6 Å². The monoisotopic (exact) mass is 316 g/mol. The predicted octanol–water partition coefficient (Wildman–Crippen LogP) is 2.24. The number of nitrogens with zero attached hydrogens (tertiary/aromatic N) is 1. The smallest absolute Gasteiger partial charge is 0.200 e.